The molecule has 0 saturated heterocycles. The van der Waals surface area contributed by atoms with Crippen LogP contribution in [0.15, 0.2) is 18.2 Å². The van der Waals surface area contributed by atoms with Crippen LogP contribution in [0.4, 0.5) is 4.39 Å². The molecule has 0 aliphatic heterocycles. The van der Waals surface area contributed by atoms with Gasteiger partial charge in [0, 0.05) is 5.82 Å². The number of rotatable bonds is 0. The van der Waals surface area contributed by atoms with Crippen LogP contribution in [-0.4, -0.2) is 0 Å². The molecule has 1 rings (SSSR count). The minimum atomic E-state index is -0.325. The van der Waals surface area contributed by atoms with E-state index < -0.39 is 0 Å². The Labute approximate surface area is 87.3 Å². The molecule has 0 heterocycles. The smallest absolute Gasteiger partial charge is 1.00 e. The van der Waals surface area contributed by atoms with Crippen LogP contribution in [0.25, 0.3) is 0 Å². The van der Waals surface area contributed by atoms with Gasteiger partial charge in [0.15, 0.2) is 0 Å². The molecule has 10 heavy (non-hydrogen) atoms. The van der Waals surface area contributed by atoms with Crippen molar-refractivity contribution in [3.05, 3.63) is 35.1 Å². The second kappa shape index (κ2) is 6.27. The van der Waals surface area contributed by atoms with Gasteiger partial charge in [0.25, 0.3) is 0 Å². The van der Waals surface area contributed by atoms with E-state index in [-0.39, 0.29) is 42.3 Å². The van der Waals surface area contributed by atoms with E-state index in [1.54, 1.807) is 0 Å². The maximum absolute atomic E-state index is 12.1. The van der Waals surface area contributed by atoms with Gasteiger partial charge in [-0.25, -0.2) is 4.39 Å². The average molecular weight is 275 g/mol. The van der Waals surface area contributed by atoms with E-state index in [4.69, 9.17) is 11.6 Å². The Morgan fingerprint density at radius 1 is 1.50 bits per heavy atom. The molecule has 0 amide bonds. The van der Waals surface area contributed by atoms with Gasteiger partial charge in [-0.05, 0) is 0 Å². The Hall–Kier alpha value is 0.543. The van der Waals surface area contributed by atoms with Crippen molar-refractivity contribution >= 4 is 11.6 Å². The third-order valence-electron chi connectivity index (χ3n) is 0.728. The molecule has 0 nitrogen and oxygen atoms in total. The number of hydrogen-bond acceptors (Lipinski definition) is 0. The van der Waals surface area contributed by atoms with Crippen molar-refractivity contribution in [2.75, 3.05) is 0 Å². The molecule has 0 aliphatic carbocycles. The molecule has 0 fully saturated rings. The molecule has 1 aromatic rings. The van der Waals surface area contributed by atoms with Crippen LogP contribution in [0.5, 0.6) is 0 Å². The van der Waals surface area contributed by atoms with Crippen molar-refractivity contribution in [3.8, 4) is 0 Å². The summed E-state index contributed by atoms with van der Waals surface area (Å²) in [5.74, 6) is -0.325. The fourth-order valence-corrected chi connectivity index (χ4v) is 0.579. The van der Waals surface area contributed by atoms with Gasteiger partial charge in [0.05, 0.1) is 0 Å². The van der Waals surface area contributed by atoms with E-state index in [1.807, 2.05) is 0 Å². The minimum absolute atomic E-state index is 0. The first-order valence-corrected chi connectivity index (χ1v) is 2.49. The van der Waals surface area contributed by atoms with Crippen molar-refractivity contribution in [1.29, 1.82) is 0 Å². The normalized spacial score (nSPS) is 7.40. The van der Waals surface area contributed by atoms with Crippen LogP contribution in [-0.2, 0) is 19.5 Å². The molecule has 0 bridgehead atoms. The second-order valence-corrected chi connectivity index (χ2v) is 1.76. The number of halogens is 3. The third-order valence-corrected chi connectivity index (χ3v) is 0.947. The number of hydrogen-bond donors (Lipinski definition) is 0. The summed E-state index contributed by atoms with van der Waals surface area (Å²) in [6, 6.07) is 6.55. The van der Waals surface area contributed by atoms with Gasteiger partial charge in [0.1, 0.15) is 0 Å². The standard InChI is InChI=1S/C6H3ClF.BrH.Zn/c7-5-2-1-3-6(8)4-5;;/h1,3-4H;1H;/q-1;;+2/p-1. The third kappa shape index (κ3) is 4.37. The molecular weight excluding hydrogens is 272 g/mol. The quantitative estimate of drug-likeness (QED) is 0.433. The van der Waals surface area contributed by atoms with E-state index >= 15 is 0 Å². The Bertz CT molecular complexity index is 178. The molecule has 0 spiro atoms. The first-order chi connectivity index (χ1) is 3.79. The van der Waals surface area contributed by atoms with Gasteiger partial charge in [-0.1, -0.05) is 5.02 Å². The first kappa shape index (κ1) is 13.2. The summed E-state index contributed by atoms with van der Waals surface area (Å²) in [6.07, 6.45) is 0. The molecule has 0 unspecified atom stereocenters. The molecule has 1 aromatic carbocycles. The van der Waals surface area contributed by atoms with E-state index in [1.165, 1.54) is 18.2 Å². The van der Waals surface area contributed by atoms with E-state index in [0.717, 1.165) is 0 Å². The van der Waals surface area contributed by atoms with E-state index in [0.29, 0.717) is 5.02 Å². The Balaban J connectivity index is 0. The van der Waals surface area contributed by atoms with Gasteiger partial charge in [0.2, 0.25) is 0 Å². The molecule has 0 saturated carbocycles. The average Bonchev–Trinajstić information content (AvgIpc) is 1.64. The van der Waals surface area contributed by atoms with Crippen LogP contribution >= 0.6 is 11.6 Å². The van der Waals surface area contributed by atoms with Gasteiger partial charge in [-0.15, -0.1) is 23.7 Å². The Morgan fingerprint density at radius 2 is 2.10 bits per heavy atom. The SMILES string of the molecule is Fc1cc[c-]c(Cl)c1.[Br-].[Zn+2]. The van der Waals surface area contributed by atoms with Gasteiger partial charge in [-0.3, -0.25) is 0 Å². The zero-order chi connectivity index (χ0) is 5.98. The predicted molar refractivity (Wildman–Crippen MR) is 30.2 cm³/mol. The van der Waals surface area contributed by atoms with Crippen molar-refractivity contribution in [2.24, 2.45) is 0 Å². The molecule has 50 valence electrons. The van der Waals surface area contributed by atoms with Crippen LogP contribution in [0.3, 0.4) is 0 Å². The van der Waals surface area contributed by atoms with Crippen molar-refractivity contribution in [2.45, 2.75) is 0 Å². The molecule has 0 N–H and O–H groups in total. The summed E-state index contributed by atoms with van der Waals surface area (Å²) >= 11 is 5.35. The zero-order valence-corrected chi connectivity index (χ0v) is 10.4. The monoisotopic (exact) mass is 272 g/mol. The first-order valence-electron chi connectivity index (χ1n) is 2.12. The van der Waals surface area contributed by atoms with Crippen LogP contribution < -0.4 is 17.0 Å². The summed E-state index contributed by atoms with van der Waals surface area (Å²) in [4.78, 5) is 0. The minimum Gasteiger partial charge on any atom is -1.00 e. The van der Waals surface area contributed by atoms with Gasteiger partial charge in [-0.2, -0.15) is 12.1 Å². The van der Waals surface area contributed by atoms with E-state index in [2.05, 4.69) is 6.07 Å². The molecule has 0 atom stereocenters. The van der Waals surface area contributed by atoms with Crippen LogP contribution in [0.2, 0.25) is 5.02 Å². The number of benzene rings is 1. The van der Waals surface area contributed by atoms with Crippen LogP contribution in [0.1, 0.15) is 0 Å². The second-order valence-electron chi connectivity index (χ2n) is 1.35. The maximum Gasteiger partial charge on any atom is 2.00 e. The summed E-state index contributed by atoms with van der Waals surface area (Å²) in [7, 11) is 0. The van der Waals surface area contributed by atoms with Crippen LogP contribution in [0, 0.1) is 11.9 Å². The molecule has 4 heteroatoms. The Morgan fingerprint density at radius 3 is 2.40 bits per heavy atom. The van der Waals surface area contributed by atoms with Gasteiger partial charge >= 0.3 is 19.5 Å². The van der Waals surface area contributed by atoms with Crippen molar-refractivity contribution < 1.29 is 40.8 Å². The summed E-state index contributed by atoms with van der Waals surface area (Å²) in [5, 5.41) is 0.310. The van der Waals surface area contributed by atoms with Gasteiger partial charge < -0.3 is 17.0 Å². The fourth-order valence-electron chi connectivity index (χ4n) is 0.412. The Kier molecular flexibility index (Phi) is 8.24. The predicted octanol–water partition coefficient (Wildman–Crippen LogP) is -0.719. The molecule has 0 radical (unpaired) electrons. The molecule has 0 aliphatic rings. The molecule has 0 aromatic heterocycles. The summed E-state index contributed by atoms with van der Waals surface area (Å²) in [6.45, 7) is 0. The summed E-state index contributed by atoms with van der Waals surface area (Å²) < 4.78 is 12.1. The van der Waals surface area contributed by atoms with E-state index in [9.17, 15) is 4.39 Å². The summed E-state index contributed by atoms with van der Waals surface area (Å²) in [5.41, 5.74) is 0. The van der Waals surface area contributed by atoms with Crippen molar-refractivity contribution in [3.63, 3.8) is 0 Å². The topological polar surface area (TPSA) is 0 Å². The largest absolute Gasteiger partial charge is 2.00 e. The zero-order valence-electron chi connectivity index (χ0n) is 5.07. The fraction of sp³-hybridized carbons (Fsp3) is 0. The van der Waals surface area contributed by atoms with Crippen molar-refractivity contribution in [1.82, 2.24) is 0 Å². The maximum atomic E-state index is 12.1. The molecular formula is C6H3BrClFZn.